The quantitative estimate of drug-likeness (QED) is 0.390. The third-order valence-corrected chi connectivity index (χ3v) is 4.70. The van der Waals surface area contributed by atoms with Crippen molar-refractivity contribution in [3.63, 3.8) is 0 Å². The molecule has 0 fully saturated rings. The molecule has 3 rings (SSSR count). The van der Waals surface area contributed by atoms with E-state index >= 15 is 0 Å². The van der Waals surface area contributed by atoms with Crippen LogP contribution in [0.4, 0.5) is 10.1 Å². The number of hydrogen-bond acceptors (Lipinski definition) is 6. The second-order valence-corrected chi connectivity index (χ2v) is 6.77. The number of halogens is 1. The van der Waals surface area contributed by atoms with Gasteiger partial charge in [0, 0.05) is 37.8 Å². The number of carbonyl (C=O) groups is 1. The van der Waals surface area contributed by atoms with Gasteiger partial charge in [0.2, 0.25) is 5.75 Å². The number of nitro groups is 1. The predicted octanol–water partition coefficient (Wildman–Crippen LogP) is 3.65. The van der Waals surface area contributed by atoms with E-state index in [9.17, 15) is 19.3 Å². The molecule has 0 aliphatic heterocycles. The SMILES string of the molecule is CC(CCc1ccco1)N(C)C(=O)c1ccn(COc2cc(F)ccc2[N+](=O)[O-])n1. The van der Waals surface area contributed by atoms with Crippen LogP contribution in [0.2, 0.25) is 0 Å². The Bertz CT molecular complexity index is 1020. The van der Waals surface area contributed by atoms with Gasteiger partial charge in [0.25, 0.3) is 5.91 Å². The highest BCUT2D eigenvalue weighted by Gasteiger charge is 2.21. The molecular weight excluding hydrogens is 395 g/mol. The normalized spacial score (nSPS) is 11.8. The van der Waals surface area contributed by atoms with Gasteiger partial charge in [0.1, 0.15) is 11.6 Å². The van der Waals surface area contributed by atoms with E-state index < -0.39 is 10.7 Å². The highest BCUT2D eigenvalue weighted by molar-refractivity contribution is 5.92. The minimum atomic E-state index is -0.661. The van der Waals surface area contributed by atoms with Crippen molar-refractivity contribution in [1.82, 2.24) is 14.7 Å². The molecule has 0 spiro atoms. The van der Waals surface area contributed by atoms with E-state index in [-0.39, 0.29) is 35.8 Å². The average Bonchev–Trinajstić information content (AvgIpc) is 3.41. The van der Waals surface area contributed by atoms with Gasteiger partial charge in [-0.25, -0.2) is 9.07 Å². The van der Waals surface area contributed by atoms with Crippen LogP contribution in [0.5, 0.6) is 5.75 Å². The number of rotatable bonds is 9. The standard InChI is InChI=1S/C20H21FN4O5/c1-14(5-7-16-4-3-11-29-16)23(2)20(26)17-9-10-24(22-17)13-30-19-12-15(21)6-8-18(19)25(27)28/h3-4,6,8-12,14H,5,7,13H2,1-2H3. The van der Waals surface area contributed by atoms with Crippen molar-refractivity contribution >= 4 is 11.6 Å². The third-order valence-electron chi connectivity index (χ3n) is 4.70. The summed E-state index contributed by atoms with van der Waals surface area (Å²) in [4.78, 5) is 24.6. The minimum absolute atomic E-state index is 0.0426. The zero-order valence-electron chi connectivity index (χ0n) is 16.5. The molecule has 2 aromatic heterocycles. The summed E-state index contributed by atoms with van der Waals surface area (Å²) in [5.74, 6) is -0.280. The topological polar surface area (TPSA) is 104 Å². The summed E-state index contributed by atoms with van der Waals surface area (Å²) in [5.41, 5.74) is -0.148. The summed E-state index contributed by atoms with van der Waals surface area (Å²) in [6.07, 6.45) is 4.56. The van der Waals surface area contributed by atoms with Crippen molar-refractivity contribution in [2.45, 2.75) is 32.5 Å². The van der Waals surface area contributed by atoms with Gasteiger partial charge < -0.3 is 14.1 Å². The first kappa shape index (κ1) is 21.0. The maximum Gasteiger partial charge on any atom is 0.311 e. The number of furan rings is 1. The smallest absolute Gasteiger partial charge is 0.311 e. The van der Waals surface area contributed by atoms with E-state index in [4.69, 9.17) is 9.15 Å². The van der Waals surface area contributed by atoms with Crippen molar-refractivity contribution in [3.05, 3.63) is 76.2 Å². The molecule has 1 aromatic carbocycles. The number of nitro benzene ring substituents is 1. The maximum absolute atomic E-state index is 13.4. The molecule has 1 unspecified atom stereocenters. The molecule has 0 saturated carbocycles. The summed E-state index contributed by atoms with van der Waals surface area (Å²) < 4.78 is 25.3. The maximum atomic E-state index is 13.4. The minimum Gasteiger partial charge on any atom is -0.469 e. The van der Waals surface area contributed by atoms with Gasteiger partial charge in [0.05, 0.1) is 11.2 Å². The van der Waals surface area contributed by atoms with Gasteiger partial charge in [0.15, 0.2) is 12.4 Å². The molecule has 0 N–H and O–H groups in total. The molecule has 9 nitrogen and oxygen atoms in total. The van der Waals surface area contributed by atoms with Crippen LogP contribution in [-0.4, -0.2) is 38.6 Å². The molecule has 2 heterocycles. The fourth-order valence-corrected chi connectivity index (χ4v) is 2.82. The number of nitrogens with zero attached hydrogens (tertiary/aromatic N) is 4. The Hall–Kier alpha value is -3.69. The molecule has 3 aromatic rings. The lowest BCUT2D eigenvalue weighted by atomic mass is 10.1. The fraction of sp³-hybridized carbons (Fsp3) is 0.300. The van der Waals surface area contributed by atoms with Crippen LogP contribution in [0.1, 0.15) is 29.6 Å². The second kappa shape index (κ2) is 9.21. The van der Waals surface area contributed by atoms with Gasteiger partial charge in [-0.3, -0.25) is 14.9 Å². The van der Waals surface area contributed by atoms with Crippen molar-refractivity contribution in [3.8, 4) is 5.75 Å². The summed E-state index contributed by atoms with van der Waals surface area (Å²) in [6, 6.07) is 8.14. The molecule has 0 saturated heterocycles. The van der Waals surface area contributed by atoms with E-state index in [1.54, 1.807) is 18.2 Å². The number of aromatic nitrogens is 2. The number of ether oxygens (including phenoxy) is 1. The molecule has 1 atom stereocenters. The molecule has 158 valence electrons. The first-order valence-electron chi connectivity index (χ1n) is 9.25. The van der Waals surface area contributed by atoms with Crippen LogP contribution in [0.25, 0.3) is 0 Å². The second-order valence-electron chi connectivity index (χ2n) is 6.77. The molecule has 0 radical (unpaired) electrons. The number of carbonyl (C=O) groups excluding carboxylic acids is 1. The first-order chi connectivity index (χ1) is 14.3. The Kier molecular flexibility index (Phi) is 6.45. The van der Waals surface area contributed by atoms with E-state index in [0.29, 0.717) is 6.42 Å². The van der Waals surface area contributed by atoms with Gasteiger partial charge in [-0.15, -0.1) is 0 Å². The van der Waals surface area contributed by atoms with E-state index in [1.807, 2.05) is 19.1 Å². The Balaban J connectivity index is 1.59. The largest absolute Gasteiger partial charge is 0.469 e. The number of amides is 1. The van der Waals surface area contributed by atoms with Crippen LogP contribution >= 0.6 is 0 Å². The first-order valence-corrected chi connectivity index (χ1v) is 9.25. The molecule has 10 heteroatoms. The van der Waals surface area contributed by atoms with Gasteiger partial charge in [-0.2, -0.15) is 5.10 Å². The summed E-state index contributed by atoms with van der Waals surface area (Å²) in [5, 5.41) is 15.2. The Morgan fingerprint density at radius 2 is 2.20 bits per heavy atom. The fourth-order valence-electron chi connectivity index (χ4n) is 2.82. The van der Waals surface area contributed by atoms with E-state index in [0.717, 1.165) is 30.4 Å². The van der Waals surface area contributed by atoms with Crippen LogP contribution in [0, 0.1) is 15.9 Å². The van der Waals surface area contributed by atoms with Crippen molar-refractivity contribution < 1.29 is 23.3 Å². The lowest BCUT2D eigenvalue weighted by Gasteiger charge is -2.23. The number of hydrogen-bond donors (Lipinski definition) is 0. The van der Waals surface area contributed by atoms with Gasteiger partial charge >= 0.3 is 5.69 Å². The van der Waals surface area contributed by atoms with Crippen LogP contribution in [-0.2, 0) is 13.2 Å². The molecule has 1 amide bonds. The zero-order chi connectivity index (χ0) is 21.7. The predicted molar refractivity (Wildman–Crippen MR) is 104 cm³/mol. The Morgan fingerprint density at radius 3 is 2.90 bits per heavy atom. The van der Waals surface area contributed by atoms with Crippen LogP contribution in [0.3, 0.4) is 0 Å². The Morgan fingerprint density at radius 1 is 1.40 bits per heavy atom. The molecule has 0 aliphatic carbocycles. The Labute approximate surface area is 171 Å². The monoisotopic (exact) mass is 416 g/mol. The van der Waals surface area contributed by atoms with E-state index in [2.05, 4.69) is 5.10 Å². The molecule has 0 aliphatic rings. The lowest BCUT2D eigenvalue weighted by molar-refractivity contribution is -0.386. The zero-order valence-corrected chi connectivity index (χ0v) is 16.5. The number of aryl methyl sites for hydroxylation is 1. The summed E-state index contributed by atoms with van der Waals surface area (Å²) in [6.45, 7) is 1.72. The van der Waals surface area contributed by atoms with Crippen LogP contribution < -0.4 is 4.74 Å². The van der Waals surface area contributed by atoms with E-state index in [1.165, 1.54) is 16.9 Å². The number of benzene rings is 1. The van der Waals surface area contributed by atoms with Gasteiger partial charge in [-0.05, 0) is 37.6 Å². The van der Waals surface area contributed by atoms with Crippen molar-refractivity contribution in [2.24, 2.45) is 0 Å². The van der Waals surface area contributed by atoms with Crippen molar-refractivity contribution in [2.75, 3.05) is 7.05 Å². The summed E-state index contributed by atoms with van der Waals surface area (Å²) in [7, 11) is 1.70. The van der Waals surface area contributed by atoms with Gasteiger partial charge in [-0.1, -0.05) is 0 Å². The molecule has 30 heavy (non-hydrogen) atoms. The van der Waals surface area contributed by atoms with Crippen LogP contribution in [0.15, 0.2) is 53.3 Å². The lowest BCUT2D eigenvalue weighted by Crippen LogP contribution is -2.35. The highest BCUT2D eigenvalue weighted by atomic mass is 19.1. The summed E-state index contributed by atoms with van der Waals surface area (Å²) >= 11 is 0. The highest BCUT2D eigenvalue weighted by Crippen LogP contribution is 2.27. The molecular formula is C20H21FN4O5. The average molecular weight is 416 g/mol. The van der Waals surface area contributed by atoms with Crippen molar-refractivity contribution in [1.29, 1.82) is 0 Å². The molecule has 0 bridgehead atoms. The third kappa shape index (κ3) is 5.02.